The van der Waals surface area contributed by atoms with Crippen molar-refractivity contribution < 1.29 is 14.6 Å². The Balaban J connectivity index is 1.60. The van der Waals surface area contributed by atoms with E-state index in [1.165, 1.54) is 6.07 Å². The van der Waals surface area contributed by atoms with Gasteiger partial charge in [0, 0.05) is 25.9 Å². The summed E-state index contributed by atoms with van der Waals surface area (Å²) in [5.41, 5.74) is 0.638. The van der Waals surface area contributed by atoms with Crippen molar-refractivity contribution >= 4 is 11.8 Å². The van der Waals surface area contributed by atoms with Crippen LogP contribution in [0.2, 0.25) is 0 Å². The zero-order valence-electron chi connectivity index (χ0n) is 13.1. The van der Waals surface area contributed by atoms with Crippen molar-refractivity contribution in [3.8, 4) is 11.8 Å². The third kappa shape index (κ3) is 3.63. The van der Waals surface area contributed by atoms with Gasteiger partial charge >= 0.3 is 5.97 Å². The fourth-order valence-electron chi connectivity index (χ4n) is 2.75. The van der Waals surface area contributed by atoms with Crippen molar-refractivity contribution in [2.75, 3.05) is 18.0 Å². The summed E-state index contributed by atoms with van der Waals surface area (Å²) in [6.45, 7) is 1.50. The molecule has 2 heterocycles. The van der Waals surface area contributed by atoms with E-state index in [0.29, 0.717) is 17.1 Å². The summed E-state index contributed by atoms with van der Waals surface area (Å²) in [6, 6.07) is 14.3. The van der Waals surface area contributed by atoms with E-state index in [9.17, 15) is 4.79 Å². The molecule has 1 aliphatic rings. The van der Waals surface area contributed by atoms with Crippen LogP contribution < -0.4 is 9.64 Å². The third-order valence-corrected chi connectivity index (χ3v) is 3.99. The van der Waals surface area contributed by atoms with Crippen LogP contribution in [0.5, 0.6) is 5.75 Å². The zero-order valence-corrected chi connectivity index (χ0v) is 13.1. The van der Waals surface area contributed by atoms with Gasteiger partial charge in [0.25, 0.3) is 0 Å². The lowest BCUT2D eigenvalue weighted by Crippen LogP contribution is -2.38. The molecule has 122 valence electrons. The Morgan fingerprint density at radius 1 is 1.25 bits per heavy atom. The first-order valence-corrected chi connectivity index (χ1v) is 7.78. The SMILES string of the molecule is N#Cc1cccc(OC2CCN(c3cccc(C(=O)O)n3)CC2)c1. The van der Waals surface area contributed by atoms with Gasteiger partial charge in [0.1, 0.15) is 17.7 Å². The maximum atomic E-state index is 11.0. The van der Waals surface area contributed by atoms with Crippen molar-refractivity contribution in [1.82, 2.24) is 4.98 Å². The second-order valence-electron chi connectivity index (χ2n) is 5.63. The maximum Gasteiger partial charge on any atom is 0.354 e. The molecule has 2 aromatic rings. The first-order valence-electron chi connectivity index (χ1n) is 7.78. The maximum absolute atomic E-state index is 11.0. The van der Waals surface area contributed by atoms with Gasteiger partial charge < -0.3 is 14.7 Å². The number of benzene rings is 1. The average molecular weight is 323 g/mol. The van der Waals surface area contributed by atoms with Crippen LogP contribution in [0.15, 0.2) is 42.5 Å². The average Bonchev–Trinajstić information content (AvgIpc) is 2.62. The Labute approximate surface area is 139 Å². The van der Waals surface area contributed by atoms with Gasteiger partial charge in [0.15, 0.2) is 5.69 Å². The van der Waals surface area contributed by atoms with Crippen molar-refractivity contribution in [3.63, 3.8) is 0 Å². The van der Waals surface area contributed by atoms with Crippen molar-refractivity contribution in [3.05, 3.63) is 53.7 Å². The summed E-state index contributed by atoms with van der Waals surface area (Å²) in [7, 11) is 0. The number of rotatable bonds is 4. The molecule has 0 saturated carbocycles. The van der Waals surface area contributed by atoms with Crippen LogP contribution in [0.25, 0.3) is 0 Å². The Morgan fingerprint density at radius 2 is 2.00 bits per heavy atom. The predicted octanol–water partition coefficient (Wildman–Crippen LogP) is 2.70. The van der Waals surface area contributed by atoms with Crippen molar-refractivity contribution in [1.29, 1.82) is 5.26 Å². The lowest BCUT2D eigenvalue weighted by Gasteiger charge is -2.33. The predicted molar refractivity (Wildman–Crippen MR) is 88.2 cm³/mol. The molecule has 3 rings (SSSR count). The van der Waals surface area contributed by atoms with E-state index in [1.54, 1.807) is 18.2 Å². The number of nitrogens with zero attached hydrogens (tertiary/aromatic N) is 3. The molecular formula is C18H17N3O3. The molecule has 1 aliphatic heterocycles. The van der Waals surface area contributed by atoms with Crippen LogP contribution in [0.1, 0.15) is 28.9 Å². The van der Waals surface area contributed by atoms with E-state index >= 15 is 0 Å². The van der Waals surface area contributed by atoms with E-state index in [1.807, 2.05) is 18.2 Å². The van der Waals surface area contributed by atoms with Crippen LogP contribution >= 0.6 is 0 Å². The highest BCUT2D eigenvalue weighted by atomic mass is 16.5. The quantitative estimate of drug-likeness (QED) is 0.931. The van der Waals surface area contributed by atoms with Gasteiger partial charge in [-0.15, -0.1) is 0 Å². The molecule has 24 heavy (non-hydrogen) atoms. The number of aromatic carboxylic acids is 1. The molecule has 0 aliphatic carbocycles. The van der Waals surface area contributed by atoms with Gasteiger partial charge in [-0.3, -0.25) is 0 Å². The van der Waals surface area contributed by atoms with Crippen LogP contribution in [-0.2, 0) is 0 Å². The van der Waals surface area contributed by atoms with Gasteiger partial charge in [-0.2, -0.15) is 5.26 Å². The normalized spacial score (nSPS) is 14.9. The lowest BCUT2D eigenvalue weighted by atomic mass is 10.1. The molecule has 0 radical (unpaired) electrons. The fraction of sp³-hybridized carbons (Fsp3) is 0.278. The fourth-order valence-corrected chi connectivity index (χ4v) is 2.75. The highest BCUT2D eigenvalue weighted by molar-refractivity contribution is 5.85. The minimum absolute atomic E-state index is 0.0548. The van der Waals surface area contributed by atoms with Gasteiger partial charge in [-0.25, -0.2) is 9.78 Å². The molecule has 0 atom stereocenters. The minimum atomic E-state index is -1.02. The van der Waals surface area contributed by atoms with Crippen molar-refractivity contribution in [2.24, 2.45) is 0 Å². The first kappa shape index (κ1) is 15.8. The smallest absolute Gasteiger partial charge is 0.354 e. The zero-order chi connectivity index (χ0) is 16.9. The number of anilines is 1. The third-order valence-electron chi connectivity index (χ3n) is 3.99. The van der Waals surface area contributed by atoms with Crippen LogP contribution in [0, 0.1) is 11.3 Å². The lowest BCUT2D eigenvalue weighted by molar-refractivity contribution is 0.0690. The summed E-state index contributed by atoms with van der Waals surface area (Å²) in [5, 5.41) is 18.0. The second kappa shape index (κ2) is 7.01. The van der Waals surface area contributed by atoms with E-state index in [2.05, 4.69) is 16.0 Å². The molecule has 6 heteroatoms. The summed E-state index contributed by atoms with van der Waals surface area (Å²) in [5.74, 6) is 0.366. The first-order chi connectivity index (χ1) is 11.7. The largest absolute Gasteiger partial charge is 0.490 e. The topological polar surface area (TPSA) is 86.5 Å². The molecule has 1 saturated heterocycles. The number of carboxylic acids is 1. The number of ether oxygens (including phenoxy) is 1. The Bertz CT molecular complexity index is 777. The molecule has 1 fully saturated rings. The molecule has 0 bridgehead atoms. The standard InChI is InChI=1S/C18H17N3O3/c19-12-13-3-1-4-15(11-13)24-14-7-9-21(10-8-14)17-6-2-5-16(20-17)18(22)23/h1-6,11,14H,7-10H2,(H,22,23). The van der Waals surface area contributed by atoms with Gasteiger partial charge in [0.2, 0.25) is 0 Å². The Morgan fingerprint density at radius 3 is 2.71 bits per heavy atom. The summed E-state index contributed by atoms with van der Waals surface area (Å²) < 4.78 is 5.95. The van der Waals surface area contributed by atoms with E-state index < -0.39 is 5.97 Å². The number of carbonyl (C=O) groups is 1. The number of pyridine rings is 1. The minimum Gasteiger partial charge on any atom is -0.490 e. The molecule has 1 aromatic heterocycles. The Hall–Kier alpha value is -3.07. The number of carboxylic acid groups (broad SMARTS) is 1. The molecule has 6 nitrogen and oxygen atoms in total. The molecule has 1 N–H and O–H groups in total. The molecule has 0 amide bonds. The molecular weight excluding hydrogens is 306 g/mol. The molecule has 0 spiro atoms. The highest BCUT2D eigenvalue weighted by Crippen LogP contribution is 2.23. The van der Waals surface area contributed by atoms with Crippen molar-refractivity contribution in [2.45, 2.75) is 18.9 Å². The van der Waals surface area contributed by atoms with Gasteiger partial charge in [-0.05, 0) is 30.3 Å². The Kier molecular flexibility index (Phi) is 4.62. The summed E-state index contributed by atoms with van der Waals surface area (Å²) in [6.07, 6.45) is 1.71. The summed E-state index contributed by atoms with van der Waals surface area (Å²) in [4.78, 5) is 17.3. The van der Waals surface area contributed by atoms with E-state index in [-0.39, 0.29) is 11.8 Å². The second-order valence-corrected chi connectivity index (χ2v) is 5.63. The number of aromatic nitrogens is 1. The van der Waals surface area contributed by atoms with Crippen LogP contribution in [0.3, 0.4) is 0 Å². The van der Waals surface area contributed by atoms with Gasteiger partial charge in [0.05, 0.1) is 11.6 Å². The van der Waals surface area contributed by atoms with E-state index in [4.69, 9.17) is 15.1 Å². The number of hydrogen-bond acceptors (Lipinski definition) is 5. The number of hydrogen-bond donors (Lipinski definition) is 1. The van der Waals surface area contributed by atoms with Crippen LogP contribution in [-0.4, -0.2) is 35.3 Å². The molecule has 1 aromatic carbocycles. The van der Waals surface area contributed by atoms with Gasteiger partial charge in [-0.1, -0.05) is 12.1 Å². The van der Waals surface area contributed by atoms with E-state index in [0.717, 1.165) is 25.9 Å². The molecule has 0 unspecified atom stereocenters. The van der Waals surface area contributed by atoms with Crippen LogP contribution in [0.4, 0.5) is 5.82 Å². The summed E-state index contributed by atoms with van der Waals surface area (Å²) >= 11 is 0. The number of piperidine rings is 1. The number of nitriles is 1. The highest BCUT2D eigenvalue weighted by Gasteiger charge is 2.22. The monoisotopic (exact) mass is 323 g/mol.